The fraction of sp³-hybridized carbons (Fsp3) is 0.100. The van der Waals surface area contributed by atoms with E-state index in [9.17, 15) is 9.59 Å². The second kappa shape index (κ2) is 7.40. The lowest BCUT2D eigenvalue weighted by Gasteiger charge is -2.13. The Hall–Kier alpha value is -2.79. The number of methoxy groups -OCH3 is 1. The molecule has 0 saturated carbocycles. The second-order valence-electron chi connectivity index (χ2n) is 5.52. The Labute approximate surface area is 150 Å². The second-order valence-corrected chi connectivity index (χ2v) is 6.51. The number of rotatable bonds is 4. The molecule has 1 aliphatic rings. The lowest BCUT2D eigenvalue weighted by atomic mass is 10.1. The minimum absolute atomic E-state index is 0.308. The van der Waals surface area contributed by atoms with Crippen molar-refractivity contribution in [3.63, 3.8) is 0 Å². The molecule has 5 heteroatoms. The molecule has 1 fully saturated rings. The summed E-state index contributed by atoms with van der Waals surface area (Å²) >= 11 is 0.946. The Kier molecular flexibility index (Phi) is 5.05. The molecule has 0 aliphatic carbocycles. The molecule has 2 aromatic rings. The van der Waals surface area contributed by atoms with Gasteiger partial charge in [-0.1, -0.05) is 42.5 Å². The van der Waals surface area contributed by atoms with Gasteiger partial charge in [-0.05, 0) is 48.0 Å². The van der Waals surface area contributed by atoms with Gasteiger partial charge in [-0.25, -0.2) is 4.90 Å². The Morgan fingerprint density at radius 1 is 1.08 bits per heavy atom. The van der Waals surface area contributed by atoms with Gasteiger partial charge in [0, 0.05) is 6.07 Å². The van der Waals surface area contributed by atoms with E-state index >= 15 is 0 Å². The van der Waals surface area contributed by atoms with Crippen molar-refractivity contribution in [2.75, 3.05) is 12.0 Å². The number of allylic oxidation sites excluding steroid dienone is 2. The summed E-state index contributed by atoms with van der Waals surface area (Å²) in [7, 11) is 1.55. The molecule has 3 rings (SSSR count). The number of nitrogens with zero attached hydrogens (tertiary/aromatic N) is 1. The maximum absolute atomic E-state index is 12.7. The summed E-state index contributed by atoms with van der Waals surface area (Å²) in [5.74, 6) is 0.282. The standard InChI is InChI=1S/C20H17NO3S/c1-14(11-15-7-4-3-5-8-15)12-18-19(22)21(20(23)25-18)16-9-6-10-17(13-16)24-2/h3-13H,1-2H3/b14-11+,18-12-. The molecule has 1 heterocycles. The van der Waals surface area contributed by atoms with Crippen molar-refractivity contribution >= 4 is 34.7 Å². The average Bonchev–Trinajstić information content (AvgIpc) is 2.89. The molecule has 0 aromatic heterocycles. The van der Waals surface area contributed by atoms with Crippen LogP contribution in [0.3, 0.4) is 0 Å². The Morgan fingerprint density at radius 2 is 1.84 bits per heavy atom. The van der Waals surface area contributed by atoms with Crippen LogP contribution < -0.4 is 9.64 Å². The summed E-state index contributed by atoms with van der Waals surface area (Å²) in [6.45, 7) is 1.91. The zero-order valence-corrected chi connectivity index (χ0v) is 14.7. The van der Waals surface area contributed by atoms with E-state index in [1.807, 2.05) is 43.3 Å². The van der Waals surface area contributed by atoms with Crippen LogP contribution in [0.15, 0.2) is 71.2 Å². The third kappa shape index (κ3) is 3.83. The van der Waals surface area contributed by atoms with Crippen LogP contribution in [0.1, 0.15) is 12.5 Å². The number of carbonyl (C=O) groups excluding carboxylic acids is 2. The quantitative estimate of drug-likeness (QED) is 0.736. The number of imide groups is 1. The first-order valence-corrected chi connectivity index (χ1v) is 8.55. The predicted octanol–water partition coefficient (Wildman–Crippen LogP) is 4.88. The molecule has 126 valence electrons. The van der Waals surface area contributed by atoms with E-state index in [1.54, 1.807) is 37.5 Å². The summed E-state index contributed by atoms with van der Waals surface area (Å²) in [4.78, 5) is 26.5. The molecular formula is C20H17NO3S. The van der Waals surface area contributed by atoms with Crippen LogP contribution >= 0.6 is 11.8 Å². The van der Waals surface area contributed by atoms with Crippen LogP contribution in [-0.4, -0.2) is 18.3 Å². The van der Waals surface area contributed by atoms with Crippen molar-refractivity contribution in [2.45, 2.75) is 6.92 Å². The molecular weight excluding hydrogens is 334 g/mol. The molecule has 1 saturated heterocycles. The molecule has 2 aromatic carbocycles. The van der Waals surface area contributed by atoms with Crippen molar-refractivity contribution < 1.29 is 14.3 Å². The monoisotopic (exact) mass is 351 g/mol. The topological polar surface area (TPSA) is 46.6 Å². The number of hydrogen-bond donors (Lipinski definition) is 0. The van der Waals surface area contributed by atoms with E-state index in [2.05, 4.69) is 0 Å². The van der Waals surface area contributed by atoms with Crippen LogP contribution in [0.4, 0.5) is 10.5 Å². The fourth-order valence-corrected chi connectivity index (χ4v) is 3.39. The number of amides is 2. The lowest BCUT2D eigenvalue weighted by Crippen LogP contribution is -2.27. The molecule has 4 nitrogen and oxygen atoms in total. The smallest absolute Gasteiger partial charge is 0.298 e. The summed E-state index contributed by atoms with van der Waals surface area (Å²) in [6, 6.07) is 16.7. The van der Waals surface area contributed by atoms with Crippen LogP contribution in [0, 0.1) is 0 Å². The third-order valence-corrected chi connectivity index (χ3v) is 4.53. The average molecular weight is 351 g/mol. The maximum Gasteiger partial charge on any atom is 0.298 e. The van der Waals surface area contributed by atoms with Gasteiger partial charge in [-0.3, -0.25) is 9.59 Å². The Bertz CT molecular complexity index is 872. The minimum atomic E-state index is -0.316. The Balaban J connectivity index is 1.86. The SMILES string of the molecule is COc1cccc(N2C(=O)S/C(=C\C(C)=C\c3ccccc3)C2=O)c1. The van der Waals surface area contributed by atoms with Crippen LogP contribution in [0.2, 0.25) is 0 Å². The summed E-state index contributed by atoms with van der Waals surface area (Å²) in [5, 5.41) is -0.308. The van der Waals surface area contributed by atoms with Gasteiger partial charge in [-0.2, -0.15) is 0 Å². The van der Waals surface area contributed by atoms with E-state index in [4.69, 9.17) is 4.74 Å². The lowest BCUT2D eigenvalue weighted by molar-refractivity contribution is -0.113. The molecule has 0 atom stereocenters. The highest BCUT2D eigenvalue weighted by Crippen LogP contribution is 2.36. The van der Waals surface area contributed by atoms with Crippen LogP contribution in [0.25, 0.3) is 6.08 Å². The van der Waals surface area contributed by atoms with Gasteiger partial charge in [0.05, 0.1) is 17.7 Å². The summed E-state index contributed by atoms with van der Waals surface area (Å²) in [6.07, 6.45) is 3.72. The van der Waals surface area contributed by atoms with Gasteiger partial charge in [-0.15, -0.1) is 0 Å². The van der Waals surface area contributed by atoms with Gasteiger partial charge in [0.1, 0.15) is 5.75 Å². The molecule has 2 amide bonds. The molecule has 0 N–H and O–H groups in total. The molecule has 0 unspecified atom stereocenters. The number of ether oxygens (including phenoxy) is 1. The molecule has 0 radical (unpaired) electrons. The zero-order valence-electron chi connectivity index (χ0n) is 13.9. The van der Waals surface area contributed by atoms with Gasteiger partial charge < -0.3 is 4.74 Å². The van der Waals surface area contributed by atoms with Gasteiger partial charge >= 0.3 is 0 Å². The van der Waals surface area contributed by atoms with Crippen molar-refractivity contribution in [2.24, 2.45) is 0 Å². The zero-order chi connectivity index (χ0) is 17.8. The summed E-state index contributed by atoms with van der Waals surface area (Å²) < 4.78 is 5.16. The first-order valence-electron chi connectivity index (χ1n) is 7.74. The van der Waals surface area contributed by atoms with Gasteiger partial charge in [0.25, 0.3) is 11.1 Å². The van der Waals surface area contributed by atoms with Crippen LogP contribution in [0.5, 0.6) is 5.75 Å². The van der Waals surface area contributed by atoms with Crippen LogP contribution in [-0.2, 0) is 4.79 Å². The van der Waals surface area contributed by atoms with Crippen molar-refractivity contribution in [1.82, 2.24) is 0 Å². The normalized spacial score (nSPS) is 16.6. The van der Waals surface area contributed by atoms with E-state index in [0.717, 1.165) is 22.9 Å². The molecule has 25 heavy (non-hydrogen) atoms. The number of benzene rings is 2. The van der Waals surface area contributed by atoms with Crippen molar-refractivity contribution in [3.8, 4) is 5.75 Å². The largest absolute Gasteiger partial charge is 0.497 e. The predicted molar refractivity (Wildman–Crippen MR) is 102 cm³/mol. The molecule has 1 aliphatic heterocycles. The highest BCUT2D eigenvalue weighted by Gasteiger charge is 2.36. The van der Waals surface area contributed by atoms with Gasteiger partial charge in [0.2, 0.25) is 0 Å². The van der Waals surface area contributed by atoms with E-state index in [1.165, 1.54) is 4.90 Å². The van der Waals surface area contributed by atoms with Gasteiger partial charge in [0.15, 0.2) is 0 Å². The highest BCUT2D eigenvalue weighted by atomic mass is 32.2. The highest BCUT2D eigenvalue weighted by molar-refractivity contribution is 8.18. The van der Waals surface area contributed by atoms with E-state index in [0.29, 0.717) is 16.3 Å². The number of carbonyl (C=O) groups is 2. The summed E-state index contributed by atoms with van der Waals surface area (Å²) in [5.41, 5.74) is 2.46. The van der Waals surface area contributed by atoms with E-state index in [-0.39, 0.29) is 11.1 Å². The number of anilines is 1. The molecule has 0 bridgehead atoms. The van der Waals surface area contributed by atoms with Crippen molar-refractivity contribution in [1.29, 1.82) is 0 Å². The third-order valence-electron chi connectivity index (χ3n) is 3.66. The Morgan fingerprint density at radius 3 is 2.56 bits per heavy atom. The first kappa shape index (κ1) is 17.0. The van der Waals surface area contributed by atoms with E-state index < -0.39 is 0 Å². The first-order chi connectivity index (χ1) is 12.1. The maximum atomic E-state index is 12.7. The minimum Gasteiger partial charge on any atom is -0.497 e. The number of hydrogen-bond acceptors (Lipinski definition) is 4. The van der Waals surface area contributed by atoms with Crippen molar-refractivity contribution in [3.05, 3.63) is 76.7 Å². The fourth-order valence-electron chi connectivity index (χ4n) is 2.50. The molecule has 0 spiro atoms. The number of thioether (sulfide) groups is 1.